The molecule has 1 fully saturated rings. The normalized spacial score (nSPS) is 15.5. The molecule has 0 unspecified atom stereocenters. The Bertz CT molecular complexity index is 746. The minimum Gasteiger partial charge on any atom is -0.357 e. The standard InChI is InChI=1S/C22H39N5O2S.HI/c1-4-23-22(24-14-17-30(28,29)27(5-2)6-3)25-18-20-10-12-21(13-11-20)19-26-15-8-7-9-16-26;/h10-13H,4-9,14-19H2,1-3H3,(H2,23,24,25);1H. The van der Waals surface area contributed by atoms with Crippen LogP contribution in [-0.2, 0) is 23.1 Å². The zero-order valence-corrected chi connectivity index (χ0v) is 22.4. The van der Waals surface area contributed by atoms with Gasteiger partial charge in [0.2, 0.25) is 10.0 Å². The smallest absolute Gasteiger partial charge is 0.215 e. The van der Waals surface area contributed by atoms with Gasteiger partial charge in [0, 0.05) is 32.7 Å². The summed E-state index contributed by atoms with van der Waals surface area (Å²) in [4.78, 5) is 7.13. The van der Waals surface area contributed by atoms with Crippen molar-refractivity contribution in [3.63, 3.8) is 0 Å². The average molecular weight is 566 g/mol. The maximum Gasteiger partial charge on any atom is 0.215 e. The number of nitrogens with zero attached hydrogens (tertiary/aromatic N) is 3. The molecule has 1 aliphatic heterocycles. The van der Waals surface area contributed by atoms with E-state index in [1.165, 1.54) is 42.2 Å². The molecule has 0 saturated carbocycles. The van der Waals surface area contributed by atoms with Crippen LogP contribution in [0.5, 0.6) is 0 Å². The van der Waals surface area contributed by atoms with Crippen molar-refractivity contribution in [3.8, 4) is 0 Å². The van der Waals surface area contributed by atoms with Crippen molar-refractivity contribution < 1.29 is 8.42 Å². The second-order valence-electron chi connectivity index (χ2n) is 7.68. The van der Waals surface area contributed by atoms with E-state index in [1.54, 1.807) is 0 Å². The number of hydrogen-bond acceptors (Lipinski definition) is 4. The molecule has 31 heavy (non-hydrogen) atoms. The maximum absolute atomic E-state index is 12.3. The lowest BCUT2D eigenvalue weighted by molar-refractivity contribution is 0.221. The molecule has 7 nitrogen and oxygen atoms in total. The van der Waals surface area contributed by atoms with Gasteiger partial charge in [0.1, 0.15) is 0 Å². The second kappa shape index (κ2) is 15.0. The minimum absolute atomic E-state index is 0. The Morgan fingerprint density at radius 3 is 2.19 bits per heavy atom. The van der Waals surface area contributed by atoms with E-state index in [2.05, 4.69) is 44.8 Å². The highest BCUT2D eigenvalue weighted by Gasteiger charge is 2.18. The van der Waals surface area contributed by atoms with Crippen LogP contribution in [0.3, 0.4) is 0 Å². The van der Waals surface area contributed by atoms with Crippen molar-refractivity contribution in [1.29, 1.82) is 0 Å². The summed E-state index contributed by atoms with van der Waals surface area (Å²) >= 11 is 0. The lowest BCUT2D eigenvalue weighted by atomic mass is 10.1. The van der Waals surface area contributed by atoms with E-state index in [9.17, 15) is 8.42 Å². The Morgan fingerprint density at radius 1 is 1.00 bits per heavy atom. The van der Waals surface area contributed by atoms with Crippen LogP contribution in [0.2, 0.25) is 0 Å². The van der Waals surface area contributed by atoms with Crippen molar-refractivity contribution in [2.24, 2.45) is 4.99 Å². The number of nitrogens with one attached hydrogen (secondary N) is 2. The van der Waals surface area contributed by atoms with Gasteiger partial charge in [0.05, 0.1) is 12.3 Å². The summed E-state index contributed by atoms with van der Waals surface area (Å²) < 4.78 is 26.1. The number of sulfonamides is 1. The van der Waals surface area contributed by atoms with Crippen molar-refractivity contribution in [3.05, 3.63) is 35.4 Å². The Hall–Kier alpha value is -0.910. The molecule has 2 rings (SSSR count). The zero-order chi connectivity index (χ0) is 21.8. The molecular weight excluding hydrogens is 525 g/mol. The Morgan fingerprint density at radius 2 is 1.61 bits per heavy atom. The number of guanidine groups is 1. The van der Waals surface area contributed by atoms with E-state index >= 15 is 0 Å². The van der Waals surface area contributed by atoms with Gasteiger partial charge in [-0.15, -0.1) is 24.0 Å². The summed E-state index contributed by atoms with van der Waals surface area (Å²) in [6.45, 7) is 11.8. The summed E-state index contributed by atoms with van der Waals surface area (Å²) in [5.41, 5.74) is 2.49. The molecule has 1 aliphatic rings. The molecule has 0 spiro atoms. The highest BCUT2D eigenvalue weighted by atomic mass is 127. The molecule has 0 amide bonds. The van der Waals surface area contributed by atoms with Crippen LogP contribution in [-0.4, -0.2) is 68.6 Å². The fraction of sp³-hybridized carbons (Fsp3) is 0.682. The zero-order valence-electron chi connectivity index (χ0n) is 19.3. The summed E-state index contributed by atoms with van der Waals surface area (Å²) in [7, 11) is -3.23. The molecule has 1 aromatic carbocycles. The predicted octanol–water partition coefficient (Wildman–Crippen LogP) is 3.02. The van der Waals surface area contributed by atoms with Crippen LogP contribution >= 0.6 is 24.0 Å². The number of piperidine rings is 1. The molecular formula is C22H40IN5O2S. The van der Waals surface area contributed by atoms with Gasteiger partial charge >= 0.3 is 0 Å². The van der Waals surface area contributed by atoms with E-state index in [-0.39, 0.29) is 29.7 Å². The first kappa shape index (κ1) is 28.1. The van der Waals surface area contributed by atoms with Crippen molar-refractivity contribution in [1.82, 2.24) is 19.8 Å². The average Bonchev–Trinajstić information content (AvgIpc) is 2.74. The van der Waals surface area contributed by atoms with Gasteiger partial charge in [-0.1, -0.05) is 44.5 Å². The molecule has 0 atom stereocenters. The molecule has 0 aliphatic carbocycles. The van der Waals surface area contributed by atoms with E-state index in [0.717, 1.165) is 18.7 Å². The Labute approximate surface area is 206 Å². The second-order valence-corrected chi connectivity index (χ2v) is 9.76. The predicted molar refractivity (Wildman–Crippen MR) is 141 cm³/mol. The highest BCUT2D eigenvalue weighted by molar-refractivity contribution is 14.0. The monoisotopic (exact) mass is 565 g/mol. The number of likely N-dealkylation sites (tertiary alicyclic amines) is 1. The first-order valence-electron chi connectivity index (χ1n) is 11.3. The summed E-state index contributed by atoms with van der Waals surface area (Å²) in [6.07, 6.45) is 3.98. The number of benzene rings is 1. The van der Waals surface area contributed by atoms with Crippen LogP contribution in [0.25, 0.3) is 0 Å². The quantitative estimate of drug-likeness (QED) is 0.245. The fourth-order valence-corrected chi connectivity index (χ4v) is 5.09. The topological polar surface area (TPSA) is 77.0 Å². The SMILES string of the molecule is CCNC(=NCc1ccc(CN2CCCCC2)cc1)NCCS(=O)(=O)N(CC)CC.I. The van der Waals surface area contributed by atoms with Gasteiger partial charge in [-0.25, -0.2) is 17.7 Å². The van der Waals surface area contributed by atoms with Crippen LogP contribution in [0.1, 0.15) is 51.2 Å². The number of hydrogen-bond donors (Lipinski definition) is 2. The summed E-state index contributed by atoms with van der Waals surface area (Å²) in [5.74, 6) is 0.703. The molecule has 9 heteroatoms. The third kappa shape index (κ3) is 10.0. The van der Waals surface area contributed by atoms with Gasteiger partial charge in [-0.3, -0.25) is 4.90 Å². The first-order chi connectivity index (χ1) is 14.5. The third-order valence-corrected chi connectivity index (χ3v) is 7.42. The number of halogens is 1. The minimum atomic E-state index is -3.23. The molecule has 1 saturated heterocycles. The molecule has 2 N–H and O–H groups in total. The van der Waals surface area contributed by atoms with Gasteiger partial charge < -0.3 is 10.6 Å². The fourth-order valence-electron chi connectivity index (χ4n) is 3.68. The number of rotatable bonds is 11. The van der Waals surface area contributed by atoms with Gasteiger partial charge in [-0.2, -0.15) is 0 Å². The van der Waals surface area contributed by atoms with Crippen LogP contribution in [0.15, 0.2) is 29.3 Å². The van der Waals surface area contributed by atoms with E-state index < -0.39 is 10.0 Å². The molecule has 178 valence electrons. The van der Waals surface area contributed by atoms with Gasteiger partial charge in [0.25, 0.3) is 0 Å². The van der Waals surface area contributed by atoms with Crippen LogP contribution in [0, 0.1) is 0 Å². The number of aliphatic imine (C=N–C) groups is 1. The van der Waals surface area contributed by atoms with E-state index in [1.807, 2.05) is 20.8 Å². The van der Waals surface area contributed by atoms with Gasteiger partial charge in [0.15, 0.2) is 5.96 Å². The van der Waals surface area contributed by atoms with E-state index in [4.69, 9.17) is 0 Å². The highest BCUT2D eigenvalue weighted by Crippen LogP contribution is 2.14. The molecule has 1 heterocycles. The van der Waals surface area contributed by atoms with Crippen LogP contribution < -0.4 is 10.6 Å². The third-order valence-electron chi connectivity index (χ3n) is 5.39. The summed E-state index contributed by atoms with van der Waals surface area (Å²) in [5, 5.41) is 6.33. The first-order valence-corrected chi connectivity index (χ1v) is 12.9. The Kier molecular flexibility index (Phi) is 13.6. The van der Waals surface area contributed by atoms with Crippen molar-refractivity contribution in [2.75, 3.05) is 45.0 Å². The largest absolute Gasteiger partial charge is 0.357 e. The van der Waals surface area contributed by atoms with Crippen LogP contribution in [0.4, 0.5) is 0 Å². The van der Waals surface area contributed by atoms with Crippen molar-refractivity contribution in [2.45, 2.75) is 53.1 Å². The molecule has 0 bridgehead atoms. The lowest BCUT2D eigenvalue weighted by Gasteiger charge is -2.26. The summed E-state index contributed by atoms with van der Waals surface area (Å²) in [6, 6.07) is 8.65. The van der Waals surface area contributed by atoms with Gasteiger partial charge in [-0.05, 0) is 44.0 Å². The maximum atomic E-state index is 12.3. The lowest BCUT2D eigenvalue weighted by Crippen LogP contribution is -2.42. The Balaban J connectivity index is 0.00000480. The molecule has 0 aromatic heterocycles. The van der Waals surface area contributed by atoms with E-state index in [0.29, 0.717) is 32.1 Å². The molecule has 1 aromatic rings. The molecule has 0 radical (unpaired) electrons. The van der Waals surface area contributed by atoms with Crippen molar-refractivity contribution >= 4 is 40.0 Å².